The van der Waals surface area contributed by atoms with Crippen LogP contribution >= 0.6 is 11.6 Å². The number of alkyl halides is 8. The summed E-state index contributed by atoms with van der Waals surface area (Å²) < 4.78 is 104. The second kappa shape index (κ2) is 6.64. The molecule has 0 saturated carbocycles. The summed E-state index contributed by atoms with van der Waals surface area (Å²) in [5, 5.41) is 2.95. The van der Waals surface area contributed by atoms with Crippen molar-refractivity contribution in [3.05, 3.63) is 46.0 Å². The van der Waals surface area contributed by atoms with E-state index in [1.807, 2.05) is 0 Å². The zero-order valence-corrected chi connectivity index (χ0v) is 14.3. The topological polar surface area (TPSA) is 65.1 Å². The van der Waals surface area contributed by atoms with Gasteiger partial charge in [0.15, 0.2) is 11.3 Å². The highest BCUT2D eigenvalue weighted by Crippen LogP contribution is 2.37. The van der Waals surface area contributed by atoms with Gasteiger partial charge in [0.2, 0.25) is 0 Å². The molecule has 156 valence electrons. The van der Waals surface area contributed by atoms with Gasteiger partial charge >= 0.3 is 18.3 Å². The summed E-state index contributed by atoms with van der Waals surface area (Å²) >= 11 is 5.61. The van der Waals surface area contributed by atoms with Crippen LogP contribution in [0.5, 0.6) is 0 Å². The van der Waals surface area contributed by atoms with Gasteiger partial charge in [0.05, 0.1) is 24.2 Å². The van der Waals surface area contributed by atoms with E-state index in [9.17, 15) is 39.9 Å². The Kier molecular flexibility index (Phi) is 4.80. The third-order valence-corrected chi connectivity index (χ3v) is 3.84. The van der Waals surface area contributed by atoms with Crippen LogP contribution in [0, 0.1) is 0 Å². The minimum atomic E-state index is -5.90. The zero-order valence-electron chi connectivity index (χ0n) is 13.6. The molecule has 0 bridgehead atoms. The Morgan fingerprint density at radius 1 is 1.00 bits per heavy atom. The first kappa shape index (κ1) is 21.0. The molecule has 0 fully saturated rings. The van der Waals surface area contributed by atoms with Gasteiger partial charge in [-0.1, -0.05) is 11.6 Å². The van der Waals surface area contributed by atoms with Crippen LogP contribution in [0.3, 0.4) is 0 Å². The maximum atomic E-state index is 13.4. The van der Waals surface area contributed by atoms with Crippen molar-refractivity contribution in [3.63, 3.8) is 0 Å². The smallest absolute Gasteiger partial charge is 0.268 e. The Bertz CT molecular complexity index is 1130. The van der Waals surface area contributed by atoms with Crippen molar-refractivity contribution >= 4 is 17.2 Å². The number of aromatic nitrogens is 5. The summed E-state index contributed by atoms with van der Waals surface area (Å²) in [5.74, 6) is -5.20. The van der Waals surface area contributed by atoms with Crippen LogP contribution < -0.4 is 5.56 Å². The quantitative estimate of drug-likeness (QED) is 0.573. The molecule has 3 rings (SSSR count). The molecule has 0 N–H and O–H groups in total. The molecule has 0 spiro atoms. The van der Waals surface area contributed by atoms with Crippen molar-refractivity contribution in [2.45, 2.75) is 24.8 Å². The minimum Gasteiger partial charge on any atom is -0.268 e. The first-order valence-corrected chi connectivity index (χ1v) is 7.71. The van der Waals surface area contributed by atoms with Gasteiger partial charge in [0.1, 0.15) is 11.7 Å². The molecule has 0 aliphatic rings. The Balaban J connectivity index is 2.19. The zero-order chi connectivity index (χ0) is 21.8. The molecule has 0 aliphatic carbocycles. The molecule has 0 amide bonds. The molecule has 0 saturated heterocycles. The van der Waals surface area contributed by atoms with Crippen molar-refractivity contribution < 1.29 is 35.1 Å². The van der Waals surface area contributed by atoms with Gasteiger partial charge in [0.25, 0.3) is 5.56 Å². The molecule has 3 aromatic heterocycles. The van der Waals surface area contributed by atoms with E-state index in [4.69, 9.17) is 11.6 Å². The Labute approximate surface area is 159 Å². The fraction of sp³-hybridized carbons (Fsp3) is 0.286. The highest BCUT2D eigenvalue weighted by atomic mass is 35.5. The van der Waals surface area contributed by atoms with Crippen LogP contribution in [0.1, 0.15) is 5.69 Å². The number of fused-ring (bicyclic) bond motifs is 1. The number of nitrogens with zero attached hydrogens (tertiary/aromatic N) is 5. The van der Waals surface area contributed by atoms with Gasteiger partial charge < -0.3 is 0 Å². The third kappa shape index (κ3) is 3.88. The number of hydrogen-bond acceptors (Lipinski definition) is 4. The van der Waals surface area contributed by atoms with Crippen LogP contribution in [0.2, 0.25) is 5.15 Å². The van der Waals surface area contributed by atoms with E-state index in [-0.39, 0.29) is 9.83 Å². The first-order chi connectivity index (χ1) is 13.2. The molecular formula is C14H6ClF8N5O. The van der Waals surface area contributed by atoms with Crippen molar-refractivity contribution in [2.24, 2.45) is 0 Å². The van der Waals surface area contributed by atoms with Crippen LogP contribution in [0.4, 0.5) is 35.1 Å². The molecular weight excluding hydrogens is 442 g/mol. The second-order valence-corrected chi connectivity index (χ2v) is 6.09. The van der Waals surface area contributed by atoms with E-state index >= 15 is 0 Å². The lowest BCUT2D eigenvalue weighted by Gasteiger charge is -2.19. The normalized spacial score (nSPS) is 13.3. The lowest BCUT2D eigenvalue weighted by Crippen LogP contribution is -2.40. The average Bonchev–Trinajstić information content (AvgIpc) is 3.00. The highest BCUT2D eigenvalue weighted by Gasteiger charge is 2.57. The summed E-state index contributed by atoms with van der Waals surface area (Å²) in [6.45, 7) is -1.99. The van der Waals surface area contributed by atoms with Crippen LogP contribution in [-0.4, -0.2) is 36.2 Å². The maximum Gasteiger partial charge on any atom is 0.455 e. The Morgan fingerprint density at radius 2 is 1.66 bits per heavy atom. The average molecular weight is 448 g/mol. The van der Waals surface area contributed by atoms with Crippen molar-refractivity contribution in [1.82, 2.24) is 24.1 Å². The predicted octanol–water partition coefficient (Wildman–Crippen LogP) is 3.82. The van der Waals surface area contributed by atoms with Crippen molar-refractivity contribution in [2.75, 3.05) is 0 Å². The fourth-order valence-electron chi connectivity index (χ4n) is 2.36. The lowest BCUT2D eigenvalue weighted by molar-refractivity contribution is -0.287. The van der Waals surface area contributed by atoms with Gasteiger partial charge in [-0.15, -0.1) is 0 Å². The first-order valence-electron chi connectivity index (χ1n) is 7.33. The fourth-order valence-corrected chi connectivity index (χ4v) is 2.51. The summed E-state index contributed by atoms with van der Waals surface area (Å²) in [7, 11) is 0. The molecule has 0 radical (unpaired) electrons. The monoisotopic (exact) mass is 447 g/mol. The van der Waals surface area contributed by atoms with Gasteiger partial charge in [-0.25, -0.2) is 9.97 Å². The summed E-state index contributed by atoms with van der Waals surface area (Å²) in [4.78, 5) is 19.4. The van der Waals surface area contributed by atoms with Crippen LogP contribution in [0.15, 0.2) is 29.6 Å². The molecule has 15 heteroatoms. The van der Waals surface area contributed by atoms with E-state index < -0.39 is 52.8 Å². The Morgan fingerprint density at radius 3 is 2.24 bits per heavy atom. The predicted molar refractivity (Wildman–Crippen MR) is 81.5 cm³/mol. The Hall–Kier alpha value is -2.77. The standard InChI is InChI=1S/C14H6ClF8N5O/c15-7-4-28-8(2-24-7)26-10(13(18,19)20)9(11(28)29)6-1-25-27(3-6)5-12(16,17)14(21,22)23/h1-4H,5H2. The van der Waals surface area contributed by atoms with E-state index in [0.29, 0.717) is 16.8 Å². The van der Waals surface area contributed by atoms with E-state index in [1.54, 1.807) is 0 Å². The number of hydrogen-bond donors (Lipinski definition) is 0. The van der Waals surface area contributed by atoms with Gasteiger partial charge in [0, 0.05) is 11.8 Å². The van der Waals surface area contributed by atoms with Gasteiger partial charge in [-0.2, -0.15) is 40.2 Å². The third-order valence-electron chi connectivity index (χ3n) is 3.65. The minimum absolute atomic E-state index is 0.0802. The highest BCUT2D eigenvalue weighted by molar-refractivity contribution is 6.29. The molecule has 0 aromatic carbocycles. The summed E-state index contributed by atoms with van der Waals surface area (Å²) in [6, 6.07) is 0. The molecule has 29 heavy (non-hydrogen) atoms. The van der Waals surface area contributed by atoms with E-state index in [2.05, 4.69) is 15.1 Å². The summed E-state index contributed by atoms with van der Waals surface area (Å²) in [6.07, 6.45) is -8.36. The molecule has 3 aromatic rings. The van der Waals surface area contributed by atoms with Gasteiger partial charge in [-0.05, 0) is 0 Å². The maximum absolute atomic E-state index is 13.4. The molecule has 0 aliphatic heterocycles. The summed E-state index contributed by atoms with van der Waals surface area (Å²) in [5.41, 5.74) is -5.25. The lowest BCUT2D eigenvalue weighted by atomic mass is 10.1. The molecule has 6 nitrogen and oxygen atoms in total. The second-order valence-electron chi connectivity index (χ2n) is 5.71. The van der Waals surface area contributed by atoms with E-state index in [1.165, 1.54) is 0 Å². The van der Waals surface area contributed by atoms with Crippen molar-refractivity contribution in [3.8, 4) is 11.1 Å². The van der Waals surface area contributed by atoms with Crippen LogP contribution in [0.25, 0.3) is 16.8 Å². The molecule has 3 heterocycles. The number of rotatable bonds is 3. The molecule has 0 unspecified atom stereocenters. The van der Waals surface area contributed by atoms with Gasteiger partial charge in [-0.3, -0.25) is 13.9 Å². The van der Waals surface area contributed by atoms with Crippen molar-refractivity contribution in [1.29, 1.82) is 0 Å². The van der Waals surface area contributed by atoms with Crippen LogP contribution in [-0.2, 0) is 12.7 Å². The largest absolute Gasteiger partial charge is 0.455 e. The number of halogens is 9. The SMILES string of the molecule is O=c1c(-c2cnn(CC(F)(F)C(F)(F)F)c2)c(C(F)(F)F)nc2cnc(Cl)cn12. The molecule has 0 atom stereocenters. The van der Waals surface area contributed by atoms with E-state index in [0.717, 1.165) is 12.4 Å².